The fraction of sp³-hybridized carbons (Fsp3) is 1.00. The molecule has 94 valence electrons. The highest BCUT2D eigenvalue weighted by molar-refractivity contribution is 4.95. The van der Waals surface area contributed by atoms with Crippen molar-refractivity contribution in [3.05, 3.63) is 0 Å². The van der Waals surface area contributed by atoms with Crippen LogP contribution in [0, 0.1) is 0 Å². The van der Waals surface area contributed by atoms with E-state index in [1.165, 1.54) is 45.1 Å². The van der Waals surface area contributed by atoms with Gasteiger partial charge < -0.3 is 5.32 Å². The van der Waals surface area contributed by atoms with Crippen LogP contribution >= 0.6 is 0 Å². The van der Waals surface area contributed by atoms with Crippen LogP contribution in [0.2, 0.25) is 0 Å². The van der Waals surface area contributed by atoms with Crippen LogP contribution in [0.1, 0.15) is 59.3 Å². The van der Waals surface area contributed by atoms with Crippen molar-refractivity contribution >= 4 is 0 Å². The molecule has 2 fully saturated rings. The lowest BCUT2D eigenvalue weighted by atomic mass is 9.92. The Balaban J connectivity index is 2.03. The topological polar surface area (TPSA) is 15.3 Å². The molecule has 16 heavy (non-hydrogen) atoms. The quantitative estimate of drug-likeness (QED) is 0.689. The molecule has 0 aromatic heterocycles. The molecule has 0 bridgehead atoms. The monoisotopic (exact) mass is 224 g/mol. The van der Waals surface area contributed by atoms with Gasteiger partial charge in [0, 0.05) is 30.7 Å². The van der Waals surface area contributed by atoms with E-state index in [9.17, 15) is 0 Å². The van der Waals surface area contributed by atoms with Gasteiger partial charge in [0.15, 0.2) is 0 Å². The zero-order valence-corrected chi connectivity index (χ0v) is 11.3. The van der Waals surface area contributed by atoms with Gasteiger partial charge in [-0.15, -0.1) is 0 Å². The summed E-state index contributed by atoms with van der Waals surface area (Å²) < 4.78 is 0. The molecule has 1 aliphatic carbocycles. The number of hydrogen-bond donors (Lipinski definition) is 1. The Bertz CT molecular complexity index is 217. The number of hydrogen-bond acceptors (Lipinski definition) is 2. The second kappa shape index (κ2) is 5.05. The van der Waals surface area contributed by atoms with Crippen molar-refractivity contribution in [1.29, 1.82) is 0 Å². The van der Waals surface area contributed by atoms with Crippen LogP contribution in [0.4, 0.5) is 0 Å². The Morgan fingerprint density at radius 1 is 1.06 bits per heavy atom. The highest BCUT2D eigenvalue weighted by atomic mass is 15.3. The van der Waals surface area contributed by atoms with Gasteiger partial charge in [0.1, 0.15) is 0 Å². The van der Waals surface area contributed by atoms with Crippen molar-refractivity contribution in [2.24, 2.45) is 0 Å². The summed E-state index contributed by atoms with van der Waals surface area (Å²) in [7, 11) is 0. The molecule has 1 aliphatic heterocycles. The summed E-state index contributed by atoms with van der Waals surface area (Å²) in [6, 6.07) is 1.51. The number of piperazine rings is 1. The first kappa shape index (κ1) is 12.4. The Morgan fingerprint density at radius 2 is 1.69 bits per heavy atom. The van der Waals surface area contributed by atoms with Crippen molar-refractivity contribution in [2.45, 2.75) is 76.9 Å². The predicted molar refractivity (Wildman–Crippen MR) is 69.7 cm³/mol. The van der Waals surface area contributed by atoms with Crippen molar-refractivity contribution in [3.63, 3.8) is 0 Å². The molecule has 1 saturated heterocycles. The largest absolute Gasteiger partial charge is 0.311 e. The standard InChI is InChI=1S/C14H28N2/c1-12-10-16(14(2,3)11-15-12)13-8-6-4-5-7-9-13/h12-13,15H,4-11H2,1-3H3. The van der Waals surface area contributed by atoms with E-state index in [-0.39, 0.29) is 0 Å². The summed E-state index contributed by atoms with van der Waals surface area (Å²) in [5, 5.41) is 3.62. The molecule has 1 atom stereocenters. The highest BCUT2D eigenvalue weighted by Crippen LogP contribution is 2.29. The SMILES string of the molecule is CC1CN(C2CCCCCC2)C(C)(C)CN1. The molecule has 0 radical (unpaired) electrons. The van der Waals surface area contributed by atoms with Crippen molar-refractivity contribution in [2.75, 3.05) is 13.1 Å². The van der Waals surface area contributed by atoms with E-state index in [0.717, 1.165) is 12.6 Å². The molecule has 0 spiro atoms. The Morgan fingerprint density at radius 3 is 2.31 bits per heavy atom. The van der Waals surface area contributed by atoms with Crippen molar-refractivity contribution in [1.82, 2.24) is 10.2 Å². The fourth-order valence-corrected chi connectivity index (χ4v) is 3.35. The van der Waals surface area contributed by atoms with E-state index in [1.807, 2.05) is 0 Å². The van der Waals surface area contributed by atoms with E-state index in [2.05, 4.69) is 31.0 Å². The zero-order valence-electron chi connectivity index (χ0n) is 11.3. The molecule has 2 aliphatic rings. The molecular weight excluding hydrogens is 196 g/mol. The maximum Gasteiger partial charge on any atom is 0.0281 e. The summed E-state index contributed by atoms with van der Waals surface area (Å²) in [6.45, 7) is 9.49. The molecule has 1 heterocycles. The van der Waals surface area contributed by atoms with Gasteiger partial charge in [-0.1, -0.05) is 25.7 Å². The molecular formula is C14H28N2. The summed E-state index contributed by atoms with van der Waals surface area (Å²) in [5.74, 6) is 0. The van der Waals surface area contributed by atoms with Crippen molar-refractivity contribution < 1.29 is 0 Å². The second-order valence-electron chi connectivity index (χ2n) is 6.39. The lowest BCUT2D eigenvalue weighted by Gasteiger charge is -2.49. The first-order chi connectivity index (χ1) is 7.59. The molecule has 0 aromatic carbocycles. The van der Waals surface area contributed by atoms with E-state index in [1.54, 1.807) is 0 Å². The van der Waals surface area contributed by atoms with Crippen LogP contribution in [0.15, 0.2) is 0 Å². The fourth-order valence-electron chi connectivity index (χ4n) is 3.35. The maximum absolute atomic E-state index is 3.62. The van der Waals surface area contributed by atoms with E-state index < -0.39 is 0 Å². The van der Waals surface area contributed by atoms with Gasteiger partial charge in [-0.3, -0.25) is 4.90 Å². The van der Waals surface area contributed by atoms with Crippen LogP contribution in [0.5, 0.6) is 0 Å². The number of rotatable bonds is 1. The van der Waals surface area contributed by atoms with Crippen LogP contribution in [0.25, 0.3) is 0 Å². The molecule has 2 rings (SSSR count). The maximum atomic E-state index is 3.62. The van der Waals surface area contributed by atoms with Crippen LogP contribution in [0.3, 0.4) is 0 Å². The van der Waals surface area contributed by atoms with Gasteiger partial charge in [0.05, 0.1) is 0 Å². The number of nitrogens with one attached hydrogen (secondary N) is 1. The first-order valence-electron chi connectivity index (χ1n) is 7.10. The summed E-state index contributed by atoms with van der Waals surface area (Å²) in [6.07, 6.45) is 8.65. The first-order valence-corrected chi connectivity index (χ1v) is 7.10. The molecule has 0 amide bonds. The van der Waals surface area contributed by atoms with Crippen molar-refractivity contribution in [3.8, 4) is 0 Å². The third-order valence-corrected chi connectivity index (χ3v) is 4.40. The van der Waals surface area contributed by atoms with E-state index in [0.29, 0.717) is 11.6 Å². The van der Waals surface area contributed by atoms with Crippen LogP contribution < -0.4 is 5.32 Å². The minimum atomic E-state index is 0.349. The van der Waals surface area contributed by atoms with E-state index >= 15 is 0 Å². The van der Waals surface area contributed by atoms with Gasteiger partial charge in [-0.2, -0.15) is 0 Å². The summed E-state index contributed by atoms with van der Waals surface area (Å²) >= 11 is 0. The zero-order chi connectivity index (χ0) is 11.6. The summed E-state index contributed by atoms with van der Waals surface area (Å²) in [4.78, 5) is 2.79. The minimum Gasteiger partial charge on any atom is -0.311 e. The van der Waals surface area contributed by atoms with Gasteiger partial charge >= 0.3 is 0 Å². The smallest absolute Gasteiger partial charge is 0.0281 e. The molecule has 1 saturated carbocycles. The van der Waals surface area contributed by atoms with Gasteiger partial charge in [0.25, 0.3) is 0 Å². The van der Waals surface area contributed by atoms with Crippen LogP contribution in [-0.2, 0) is 0 Å². The molecule has 2 heteroatoms. The van der Waals surface area contributed by atoms with E-state index in [4.69, 9.17) is 0 Å². The molecule has 2 nitrogen and oxygen atoms in total. The normalized spacial score (nSPS) is 33.6. The average molecular weight is 224 g/mol. The third-order valence-electron chi connectivity index (χ3n) is 4.40. The summed E-state index contributed by atoms with van der Waals surface area (Å²) in [5.41, 5.74) is 0.349. The minimum absolute atomic E-state index is 0.349. The highest BCUT2D eigenvalue weighted by Gasteiger charge is 2.36. The Hall–Kier alpha value is -0.0800. The molecule has 1 N–H and O–H groups in total. The predicted octanol–water partition coefficient (Wildman–Crippen LogP) is 2.78. The average Bonchev–Trinajstić information content (AvgIpc) is 2.50. The van der Waals surface area contributed by atoms with Gasteiger partial charge in [-0.25, -0.2) is 0 Å². The number of nitrogens with zero attached hydrogens (tertiary/aromatic N) is 1. The van der Waals surface area contributed by atoms with Crippen LogP contribution in [-0.4, -0.2) is 35.6 Å². The lowest BCUT2D eigenvalue weighted by Crippen LogP contribution is -2.63. The Labute approximate surface area is 101 Å². The second-order valence-corrected chi connectivity index (χ2v) is 6.39. The molecule has 0 aromatic rings. The lowest BCUT2D eigenvalue weighted by molar-refractivity contribution is 0.0220. The van der Waals surface area contributed by atoms with Gasteiger partial charge in [0.2, 0.25) is 0 Å². The Kier molecular flexibility index (Phi) is 3.91. The van der Waals surface area contributed by atoms with Gasteiger partial charge in [-0.05, 0) is 33.6 Å². The third kappa shape index (κ3) is 2.78. The molecule has 1 unspecified atom stereocenters.